The average Bonchev–Trinajstić information content (AvgIpc) is 3.24. The Morgan fingerprint density at radius 3 is 2.81 bits per heavy atom. The highest BCUT2D eigenvalue weighted by molar-refractivity contribution is 8.03. The predicted octanol–water partition coefficient (Wildman–Crippen LogP) is 5.60. The van der Waals surface area contributed by atoms with E-state index >= 15 is 0 Å². The first kappa shape index (κ1) is 23.2. The summed E-state index contributed by atoms with van der Waals surface area (Å²) in [6, 6.07) is 0.0784. The molecule has 1 unspecified atom stereocenters. The minimum Gasteiger partial charge on any atom is -0.377 e. The molecule has 0 aromatic carbocycles. The standard InChI is InChI=1S/C27H35N3S/c1-6-19(3)16-21(7-2)30-26(18-31-27-15-11-10-14-25(27)28-5)20(4)23-17-29-24-13-9-8-12-22(23)24/h6-7,12-13,16-17,26,29-30H,2,4-5,8-11,14-15,18H2,1,3H3/b19-6-,21-16+. The van der Waals surface area contributed by atoms with Crippen molar-refractivity contribution in [3.05, 3.63) is 75.6 Å². The largest absolute Gasteiger partial charge is 0.377 e. The molecule has 2 N–H and O–H groups in total. The van der Waals surface area contributed by atoms with Crippen LogP contribution in [0.1, 0.15) is 57.9 Å². The van der Waals surface area contributed by atoms with E-state index in [1.165, 1.54) is 45.1 Å². The van der Waals surface area contributed by atoms with Gasteiger partial charge in [-0.1, -0.05) is 37.0 Å². The molecule has 1 aromatic heterocycles. The number of H-pyrrole nitrogens is 1. The van der Waals surface area contributed by atoms with Gasteiger partial charge in [-0.2, -0.15) is 0 Å². The summed E-state index contributed by atoms with van der Waals surface area (Å²) in [6.07, 6.45) is 19.6. The maximum absolute atomic E-state index is 4.54. The lowest BCUT2D eigenvalue weighted by atomic mass is 10.00. The lowest BCUT2D eigenvalue weighted by Crippen LogP contribution is -2.34. The normalized spacial score (nSPS) is 17.9. The number of aromatic amines is 1. The van der Waals surface area contributed by atoms with Gasteiger partial charge >= 0.3 is 0 Å². The highest BCUT2D eigenvalue weighted by atomic mass is 32.2. The Morgan fingerprint density at radius 1 is 1.29 bits per heavy atom. The van der Waals surface area contributed by atoms with Crippen molar-refractivity contribution >= 4 is 36.2 Å². The molecule has 0 amide bonds. The van der Waals surface area contributed by atoms with Crippen LogP contribution in [-0.2, 0) is 0 Å². The van der Waals surface area contributed by atoms with Gasteiger partial charge in [-0.3, -0.25) is 4.99 Å². The third-order valence-corrected chi connectivity index (χ3v) is 7.27. The average molecular weight is 434 g/mol. The Morgan fingerprint density at radius 2 is 2.06 bits per heavy atom. The van der Waals surface area contributed by atoms with Crippen LogP contribution >= 0.6 is 11.8 Å². The van der Waals surface area contributed by atoms with Gasteiger partial charge in [0.1, 0.15) is 0 Å². The number of thioether (sulfide) groups is 1. The van der Waals surface area contributed by atoms with Gasteiger partial charge < -0.3 is 10.3 Å². The number of aromatic nitrogens is 1. The molecule has 0 spiro atoms. The van der Waals surface area contributed by atoms with Crippen LogP contribution < -0.4 is 15.9 Å². The minimum absolute atomic E-state index is 0.0784. The van der Waals surface area contributed by atoms with Crippen LogP contribution in [0.2, 0.25) is 0 Å². The van der Waals surface area contributed by atoms with Gasteiger partial charge in [0.25, 0.3) is 0 Å². The molecule has 1 aromatic rings. The van der Waals surface area contributed by atoms with Gasteiger partial charge in [-0.25, -0.2) is 0 Å². The van der Waals surface area contributed by atoms with Gasteiger partial charge in [0.15, 0.2) is 0 Å². The molecule has 2 aliphatic carbocycles. The van der Waals surface area contributed by atoms with E-state index < -0.39 is 0 Å². The van der Waals surface area contributed by atoms with E-state index in [9.17, 15) is 0 Å². The Kier molecular flexibility index (Phi) is 8.42. The molecule has 0 aliphatic heterocycles. The third-order valence-electron chi connectivity index (χ3n) is 5.99. The van der Waals surface area contributed by atoms with Crippen molar-refractivity contribution in [3.63, 3.8) is 0 Å². The molecule has 2 aliphatic rings. The molecular formula is C27H35N3S. The maximum Gasteiger partial charge on any atom is 0.0608 e. The number of hydrogen-bond acceptors (Lipinski definition) is 3. The molecule has 0 saturated carbocycles. The molecule has 3 rings (SSSR count). The summed E-state index contributed by atoms with van der Waals surface area (Å²) < 4.78 is 0. The number of rotatable bonds is 10. The van der Waals surface area contributed by atoms with Crippen molar-refractivity contribution in [2.75, 3.05) is 5.75 Å². The molecule has 1 atom stereocenters. The van der Waals surface area contributed by atoms with E-state index in [4.69, 9.17) is 0 Å². The topological polar surface area (TPSA) is 40.2 Å². The first-order chi connectivity index (χ1) is 15.1. The molecular weight excluding hydrogens is 398 g/mol. The lowest BCUT2D eigenvalue weighted by molar-refractivity contribution is 0.689. The molecule has 0 fully saturated rings. The highest BCUT2D eigenvalue weighted by Crippen LogP contribution is 2.34. The summed E-state index contributed by atoms with van der Waals surface area (Å²) in [6.45, 7) is 16.5. The van der Waals surface area contributed by atoms with Crippen LogP contribution in [0.4, 0.5) is 0 Å². The molecule has 3 nitrogen and oxygen atoms in total. The third kappa shape index (κ3) is 5.82. The van der Waals surface area contributed by atoms with Gasteiger partial charge in [0.05, 0.1) is 6.04 Å². The zero-order valence-corrected chi connectivity index (χ0v) is 19.8. The van der Waals surface area contributed by atoms with Crippen LogP contribution in [0.3, 0.4) is 0 Å². The predicted molar refractivity (Wildman–Crippen MR) is 139 cm³/mol. The number of allylic oxidation sites excluding steroid dienone is 6. The summed E-state index contributed by atoms with van der Waals surface area (Å²) in [5, 5.41) is 6.21. The molecule has 0 bridgehead atoms. The zero-order valence-electron chi connectivity index (χ0n) is 19.0. The lowest BCUT2D eigenvalue weighted by Gasteiger charge is -2.25. The smallest absolute Gasteiger partial charge is 0.0608 e. The van der Waals surface area contributed by atoms with Crippen molar-refractivity contribution in [2.24, 2.45) is 4.99 Å². The zero-order chi connectivity index (χ0) is 22.2. The van der Waals surface area contributed by atoms with Crippen molar-refractivity contribution < 1.29 is 0 Å². The van der Waals surface area contributed by atoms with Crippen LogP contribution in [0.15, 0.2) is 64.4 Å². The summed E-state index contributed by atoms with van der Waals surface area (Å²) in [5.74, 6) is 0.886. The van der Waals surface area contributed by atoms with E-state index in [2.05, 4.69) is 79.5 Å². The second kappa shape index (κ2) is 11.2. The minimum atomic E-state index is 0.0784. The second-order valence-corrected chi connectivity index (χ2v) is 9.23. The quantitative estimate of drug-likeness (QED) is 0.373. The summed E-state index contributed by atoms with van der Waals surface area (Å²) in [7, 11) is 0. The first-order valence-electron chi connectivity index (χ1n) is 11.2. The summed E-state index contributed by atoms with van der Waals surface area (Å²) in [5.41, 5.74) is 5.70. The fraction of sp³-hybridized carbons (Fsp3) is 0.370. The summed E-state index contributed by atoms with van der Waals surface area (Å²) in [4.78, 5) is 9.12. The van der Waals surface area contributed by atoms with E-state index in [-0.39, 0.29) is 6.04 Å². The molecule has 1 heterocycles. The highest BCUT2D eigenvalue weighted by Gasteiger charge is 2.20. The molecule has 31 heavy (non-hydrogen) atoms. The Balaban J connectivity index is 1.90. The monoisotopic (exact) mass is 433 g/mol. The van der Waals surface area contributed by atoms with Crippen molar-refractivity contribution in [1.82, 2.24) is 10.3 Å². The Hall–Kier alpha value is -2.46. The number of nitrogens with one attached hydrogen (secondary N) is 2. The number of nitrogens with zero attached hydrogens (tertiary/aromatic N) is 1. The van der Waals surface area contributed by atoms with Gasteiger partial charge in [-0.15, -0.1) is 11.8 Å². The van der Waals surface area contributed by atoms with Crippen molar-refractivity contribution in [1.29, 1.82) is 0 Å². The fourth-order valence-corrected chi connectivity index (χ4v) is 5.31. The van der Waals surface area contributed by atoms with E-state index in [1.54, 1.807) is 0 Å². The van der Waals surface area contributed by atoms with Gasteiger partial charge in [0.2, 0.25) is 0 Å². The second-order valence-electron chi connectivity index (χ2n) is 8.12. The maximum atomic E-state index is 4.54. The van der Waals surface area contributed by atoms with E-state index in [0.29, 0.717) is 0 Å². The molecule has 0 saturated heterocycles. The van der Waals surface area contributed by atoms with Crippen molar-refractivity contribution in [2.45, 2.75) is 58.4 Å². The molecule has 4 heteroatoms. The Labute approximate surface area is 191 Å². The van der Waals surface area contributed by atoms with E-state index in [0.717, 1.165) is 42.7 Å². The van der Waals surface area contributed by atoms with Crippen molar-refractivity contribution in [3.8, 4) is 0 Å². The van der Waals surface area contributed by atoms with Gasteiger partial charge in [0, 0.05) is 44.4 Å². The molecule has 0 radical (unpaired) electrons. The Bertz CT molecular complexity index is 1050. The number of hydrogen-bond donors (Lipinski definition) is 2. The van der Waals surface area contributed by atoms with Crippen LogP contribution in [0, 0.1) is 0 Å². The van der Waals surface area contributed by atoms with Gasteiger partial charge in [-0.05, 0) is 76.8 Å². The van der Waals surface area contributed by atoms with Crippen LogP contribution in [0.25, 0.3) is 17.7 Å². The fourth-order valence-electron chi connectivity index (χ4n) is 4.04. The molecule has 164 valence electrons. The van der Waals surface area contributed by atoms with E-state index in [1.807, 2.05) is 17.8 Å². The number of aliphatic imine (C=N–C) groups is 1. The number of fused-ring (bicyclic) bond motifs is 1. The SMILES string of the molecule is C=C/C(=C\C(C)=C/C)NC(CSC1=C(N=C)CCCC1)C(=C)c1c[nH]c2c1=CCCC=2. The summed E-state index contributed by atoms with van der Waals surface area (Å²) >= 11 is 1.90. The first-order valence-corrected chi connectivity index (χ1v) is 12.2. The van der Waals surface area contributed by atoms with Crippen LogP contribution in [-0.4, -0.2) is 23.5 Å². The van der Waals surface area contributed by atoms with Crippen LogP contribution in [0.5, 0.6) is 0 Å².